The number of carbonyl (C=O) groups is 1. The zero-order valence-corrected chi connectivity index (χ0v) is 13.6. The fraction of sp³-hybridized carbons (Fsp3) is 0.562. The summed E-state index contributed by atoms with van der Waals surface area (Å²) < 4.78 is 0. The van der Waals surface area contributed by atoms with Gasteiger partial charge in [0.05, 0.1) is 16.6 Å². The Morgan fingerprint density at radius 3 is 2.87 bits per heavy atom. The van der Waals surface area contributed by atoms with Crippen LogP contribution < -0.4 is 0 Å². The molecular formula is C16H23N3O4. The molecule has 23 heavy (non-hydrogen) atoms. The van der Waals surface area contributed by atoms with E-state index < -0.39 is 4.92 Å². The molecular weight excluding hydrogens is 298 g/mol. The van der Waals surface area contributed by atoms with Gasteiger partial charge in [0.1, 0.15) is 5.75 Å². The van der Waals surface area contributed by atoms with E-state index >= 15 is 0 Å². The van der Waals surface area contributed by atoms with Gasteiger partial charge in [-0.05, 0) is 38.4 Å². The predicted octanol–water partition coefficient (Wildman–Crippen LogP) is 2.10. The highest BCUT2D eigenvalue weighted by Crippen LogP contribution is 2.27. The molecule has 1 amide bonds. The summed E-state index contributed by atoms with van der Waals surface area (Å²) in [6.07, 6.45) is 2.04. The number of benzene rings is 1. The van der Waals surface area contributed by atoms with Crippen molar-refractivity contribution >= 4 is 11.6 Å². The number of nitrogens with zero attached hydrogens (tertiary/aromatic N) is 3. The van der Waals surface area contributed by atoms with Crippen molar-refractivity contribution in [1.29, 1.82) is 0 Å². The summed E-state index contributed by atoms with van der Waals surface area (Å²) in [5.41, 5.74) is -0.0994. The van der Waals surface area contributed by atoms with Crippen molar-refractivity contribution in [1.82, 2.24) is 9.80 Å². The van der Waals surface area contributed by atoms with Crippen molar-refractivity contribution in [2.45, 2.75) is 19.8 Å². The quantitative estimate of drug-likeness (QED) is 0.640. The molecule has 1 atom stereocenters. The van der Waals surface area contributed by atoms with Crippen LogP contribution in [-0.4, -0.2) is 59.0 Å². The third-order valence-corrected chi connectivity index (χ3v) is 4.17. The number of aromatic hydroxyl groups is 1. The Kier molecular flexibility index (Phi) is 5.54. The molecule has 1 N–H and O–H groups in total. The molecule has 1 aliphatic rings. The van der Waals surface area contributed by atoms with Gasteiger partial charge >= 0.3 is 0 Å². The Labute approximate surface area is 135 Å². The fourth-order valence-corrected chi connectivity index (χ4v) is 3.06. The van der Waals surface area contributed by atoms with Crippen LogP contribution in [0.15, 0.2) is 18.2 Å². The van der Waals surface area contributed by atoms with Gasteiger partial charge in [0.25, 0.3) is 11.6 Å². The van der Waals surface area contributed by atoms with Crippen LogP contribution in [0.25, 0.3) is 0 Å². The zero-order chi connectivity index (χ0) is 17.0. The van der Waals surface area contributed by atoms with E-state index in [0.29, 0.717) is 19.0 Å². The number of nitro groups is 1. The molecule has 1 aromatic carbocycles. The monoisotopic (exact) mass is 321 g/mol. The van der Waals surface area contributed by atoms with Gasteiger partial charge in [0.2, 0.25) is 0 Å². The van der Waals surface area contributed by atoms with E-state index in [2.05, 4.69) is 18.9 Å². The van der Waals surface area contributed by atoms with Crippen LogP contribution in [0, 0.1) is 16.0 Å². The minimum atomic E-state index is -0.594. The van der Waals surface area contributed by atoms with Crippen molar-refractivity contribution in [3.8, 4) is 5.75 Å². The maximum atomic E-state index is 12.5. The van der Waals surface area contributed by atoms with Gasteiger partial charge in [0, 0.05) is 25.7 Å². The van der Waals surface area contributed by atoms with Gasteiger partial charge in [0.15, 0.2) is 0 Å². The van der Waals surface area contributed by atoms with E-state index in [0.717, 1.165) is 32.0 Å². The van der Waals surface area contributed by atoms with Crippen molar-refractivity contribution in [2.24, 2.45) is 5.92 Å². The lowest BCUT2D eigenvalue weighted by molar-refractivity contribution is -0.384. The lowest BCUT2D eigenvalue weighted by Gasteiger charge is -2.21. The number of carbonyl (C=O) groups excluding carboxylic acids is 1. The molecule has 1 fully saturated rings. The smallest absolute Gasteiger partial charge is 0.273 e. The van der Waals surface area contributed by atoms with Crippen molar-refractivity contribution in [2.75, 3.05) is 33.2 Å². The van der Waals surface area contributed by atoms with Crippen LogP contribution in [0.5, 0.6) is 5.75 Å². The van der Waals surface area contributed by atoms with E-state index in [1.54, 1.807) is 4.90 Å². The molecule has 7 nitrogen and oxygen atoms in total. The summed E-state index contributed by atoms with van der Waals surface area (Å²) in [5.74, 6) is -0.176. The predicted molar refractivity (Wildman–Crippen MR) is 86.6 cm³/mol. The summed E-state index contributed by atoms with van der Waals surface area (Å²) in [5, 5.41) is 20.6. The molecule has 1 heterocycles. The summed E-state index contributed by atoms with van der Waals surface area (Å²) in [6.45, 7) is 5.43. The van der Waals surface area contributed by atoms with Gasteiger partial charge in [-0.15, -0.1) is 0 Å². The fourth-order valence-electron chi connectivity index (χ4n) is 3.06. The molecule has 0 aliphatic carbocycles. The van der Waals surface area contributed by atoms with E-state index in [1.807, 2.05) is 0 Å². The average molecular weight is 321 g/mol. The second kappa shape index (κ2) is 7.41. The standard InChI is InChI=1S/C16H23N3O4/c1-3-7-17(2)10-12-6-8-18(11-12)16(21)14-5-4-13(19(22)23)9-15(14)20/h4-5,9,12,20H,3,6-8,10-11H2,1-2H3. The van der Waals surface area contributed by atoms with Crippen molar-refractivity contribution < 1.29 is 14.8 Å². The number of amides is 1. The normalized spacial score (nSPS) is 17.7. The number of non-ortho nitro benzene ring substituents is 1. The van der Waals surface area contributed by atoms with Crippen LogP contribution >= 0.6 is 0 Å². The maximum absolute atomic E-state index is 12.5. The largest absolute Gasteiger partial charge is 0.507 e. The molecule has 2 rings (SSSR count). The Morgan fingerprint density at radius 2 is 2.26 bits per heavy atom. The number of hydrogen-bond acceptors (Lipinski definition) is 5. The van der Waals surface area contributed by atoms with Gasteiger partial charge in [-0.25, -0.2) is 0 Å². The second-order valence-electron chi connectivity index (χ2n) is 6.13. The minimum Gasteiger partial charge on any atom is -0.507 e. The number of hydrogen-bond donors (Lipinski definition) is 1. The summed E-state index contributed by atoms with van der Waals surface area (Å²) >= 11 is 0. The third-order valence-electron chi connectivity index (χ3n) is 4.17. The maximum Gasteiger partial charge on any atom is 0.273 e. The average Bonchev–Trinajstić information content (AvgIpc) is 2.95. The van der Waals surface area contributed by atoms with Crippen molar-refractivity contribution in [3.63, 3.8) is 0 Å². The lowest BCUT2D eigenvalue weighted by Crippen LogP contribution is -2.32. The van der Waals surface area contributed by atoms with E-state index in [1.165, 1.54) is 12.1 Å². The molecule has 1 saturated heterocycles. The summed E-state index contributed by atoms with van der Waals surface area (Å²) in [7, 11) is 2.08. The van der Waals surface area contributed by atoms with Gasteiger partial charge in [-0.1, -0.05) is 6.92 Å². The lowest BCUT2D eigenvalue weighted by atomic mass is 10.1. The molecule has 1 aromatic rings. The molecule has 0 bridgehead atoms. The van der Waals surface area contributed by atoms with E-state index in [4.69, 9.17) is 0 Å². The first-order valence-electron chi connectivity index (χ1n) is 7.87. The highest BCUT2D eigenvalue weighted by molar-refractivity contribution is 5.97. The first-order valence-corrected chi connectivity index (χ1v) is 7.87. The van der Waals surface area contributed by atoms with Crippen LogP contribution in [0.4, 0.5) is 5.69 Å². The third kappa shape index (κ3) is 4.19. The van der Waals surface area contributed by atoms with Gasteiger partial charge < -0.3 is 14.9 Å². The zero-order valence-electron chi connectivity index (χ0n) is 13.6. The minimum absolute atomic E-state index is 0.123. The first kappa shape index (κ1) is 17.2. The van der Waals surface area contributed by atoms with Crippen LogP contribution in [-0.2, 0) is 0 Å². The molecule has 7 heteroatoms. The molecule has 0 spiro atoms. The molecule has 1 aliphatic heterocycles. The highest BCUT2D eigenvalue weighted by Gasteiger charge is 2.29. The van der Waals surface area contributed by atoms with E-state index in [-0.39, 0.29) is 22.9 Å². The number of phenols is 1. The molecule has 0 saturated carbocycles. The molecule has 0 radical (unpaired) electrons. The Hall–Kier alpha value is -2.15. The van der Waals surface area contributed by atoms with Crippen molar-refractivity contribution in [3.05, 3.63) is 33.9 Å². The number of phenolic OH excluding ortho intramolecular Hbond substituents is 1. The van der Waals surface area contributed by atoms with Gasteiger partial charge in [-0.2, -0.15) is 0 Å². The van der Waals surface area contributed by atoms with Crippen LogP contribution in [0.2, 0.25) is 0 Å². The first-order chi connectivity index (χ1) is 10.9. The molecule has 1 unspecified atom stereocenters. The Balaban J connectivity index is 2.00. The number of likely N-dealkylation sites (tertiary alicyclic amines) is 1. The molecule has 126 valence electrons. The van der Waals surface area contributed by atoms with Gasteiger partial charge in [-0.3, -0.25) is 14.9 Å². The Bertz CT molecular complexity index is 591. The van der Waals surface area contributed by atoms with Crippen LogP contribution in [0.3, 0.4) is 0 Å². The molecule has 0 aromatic heterocycles. The highest BCUT2D eigenvalue weighted by atomic mass is 16.6. The summed E-state index contributed by atoms with van der Waals surface area (Å²) in [6, 6.07) is 3.59. The van der Waals surface area contributed by atoms with E-state index in [9.17, 15) is 20.0 Å². The number of rotatable bonds is 6. The second-order valence-corrected chi connectivity index (χ2v) is 6.13. The summed E-state index contributed by atoms with van der Waals surface area (Å²) in [4.78, 5) is 26.6. The Morgan fingerprint density at radius 1 is 1.52 bits per heavy atom. The van der Waals surface area contributed by atoms with Crippen LogP contribution in [0.1, 0.15) is 30.1 Å². The SMILES string of the molecule is CCCN(C)CC1CCN(C(=O)c2ccc([N+](=O)[O-])cc2O)C1. The number of nitro benzene ring substituents is 1. The topological polar surface area (TPSA) is 86.9 Å².